The number of ether oxygens (including phenoxy) is 2. The number of ketones is 1. The first kappa shape index (κ1) is 32.8. The lowest BCUT2D eigenvalue weighted by molar-refractivity contribution is -0.207. The Hall–Kier alpha value is -1.69. The summed E-state index contributed by atoms with van der Waals surface area (Å²) in [6, 6.07) is 0. The lowest BCUT2D eigenvalue weighted by Gasteiger charge is -2.62. The van der Waals surface area contributed by atoms with Gasteiger partial charge in [0.25, 0.3) is 0 Å². The Morgan fingerprint density at radius 3 is 2.25 bits per heavy atom. The second kappa shape index (κ2) is 14.0. The lowest BCUT2D eigenvalue weighted by Crippen LogP contribution is -2.63. The summed E-state index contributed by atoms with van der Waals surface area (Å²) in [4.78, 5) is 38.8. The predicted octanol–water partition coefficient (Wildman–Crippen LogP) is 7.36. The van der Waals surface area contributed by atoms with Gasteiger partial charge in [0.1, 0.15) is 11.9 Å². The SMILES string of the molecule is C=C[C@]1(C)C[C@@H](OC(=O)COC(=O)CCCCCCCCCCC)[C@]2(C)CC[C@@H](C)[C@@]3(CCC(=O)[C@@H]23)[C@@H](C)[C@@H]1O. The van der Waals surface area contributed by atoms with Crippen LogP contribution < -0.4 is 0 Å². The van der Waals surface area contributed by atoms with Crippen molar-refractivity contribution in [2.45, 2.75) is 143 Å². The van der Waals surface area contributed by atoms with Crippen LogP contribution in [-0.4, -0.2) is 41.6 Å². The summed E-state index contributed by atoms with van der Waals surface area (Å²) in [6.07, 6.45) is 14.6. The van der Waals surface area contributed by atoms with Crippen LogP contribution in [0.4, 0.5) is 0 Å². The van der Waals surface area contributed by atoms with E-state index in [-0.39, 0.29) is 34.9 Å². The summed E-state index contributed by atoms with van der Waals surface area (Å²) in [5.74, 6) is -0.803. The van der Waals surface area contributed by atoms with Gasteiger partial charge in [-0.2, -0.15) is 0 Å². The van der Waals surface area contributed by atoms with Gasteiger partial charge in [0.15, 0.2) is 6.61 Å². The van der Waals surface area contributed by atoms with Crippen LogP contribution in [0.5, 0.6) is 0 Å². The molecule has 3 fully saturated rings. The maximum absolute atomic E-state index is 13.5. The molecule has 0 aromatic rings. The molecule has 0 saturated heterocycles. The number of aliphatic hydroxyl groups excluding tert-OH is 1. The van der Waals surface area contributed by atoms with E-state index in [0.717, 1.165) is 38.5 Å². The monoisotopic (exact) mass is 560 g/mol. The molecule has 0 aromatic heterocycles. The van der Waals surface area contributed by atoms with Crippen molar-refractivity contribution in [2.75, 3.05) is 6.61 Å². The van der Waals surface area contributed by atoms with Crippen LogP contribution in [0.2, 0.25) is 0 Å². The van der Waals surface area contributed by atoms with E-state index in [1.807, 2.05) is 6.92 Å². The van der Waals surface area contributed by atoms with Gasteiger partial charge in [0.05, 0.1) is 6.10 Å². The van der Waals surface area contributed by atoms with Crippen molar-refractivity contribution in [3.63, 3.8) is 0 Å². The Morgan fingerprint density at radius 2 is 1.62 bits per heavy atom. The van der Waals surface area contributed by atoms with Crippen LogP contribution in [0.3, 0.4) is 0 Å². The summed E-state index contributed by atoms with van der Waals surface area (Å²) in [5.41, 5.74) is -1.56. The molecule has 40 heavy (non-hydrogen) atoms. The van der Waals surface area contributed by atoms with E-state index >= 15 is 0 Å². The maximum Gasteiger partial charge on any atom is 0.344 e. The van der Waals surface area contributed by atoms with E-state index in [1.165, 1.54) is 38.5 Å². The highest BCUT2D eigenvalue weighted by molar-refractivity contribution is 5.86. The van der Waals surface area contributed by atoms with E-state index in [2.05, 4.69) is 34.3 Å². The standard InChI is InChI=1S/C34H56O6/c1-7-9-10-11-12-13-14-15-16-17-28(36)39-23-29(37)40-27-22-32(5,8-2)31(38)25(4)34-21-19-26(35)30(34)33(27,6)20-18-24(34)3/h8,24-25,27,30-31,38H,2,7,9-23H2,1,3-6H3/t24-,25+,27-,30+,31+,32-,33+,34+/m1/s1. The molecule has 3 saturated carbocycles. The maximum atomic E-state index is 13.5. The molecule has 0 spiro atoms. The Morgan fingerprint density at radius 1 is 1.00 bits per heavy atom. The van der Waals surface area contributed by atoms with Crippen LogP contribution in [0.15, 0.2) is 12.7 Å². The first-order valence-corrected chi connectivity index (χ1v) is 16.2. The number of aliphatic hydroxyl groups is 1. The quantitative estimate of drug-likeness (QED) is 0.136. The fraction of sp³-hybridized carbons (Fsp3) is 0.853. The van der Waals surface area contributed by atoms with Crippen molar-refractivity contribution in [1.29, 1.82) is 0 Å². The highest BCUT2D eigenvalue weighted by Gasteiger charge is 2.68. The number of esters is 2. The minimum atomic E-state index is -0.709. The smallest absolute Gasteiger partial charge is 0.344 e. The summed E-state index contributed by atoms with van der Waals surface area (Å²) in [6.45, 7) is 14.2. The molecular weight excluding hydrogens is 504 g/mol. The third-order valence-electron chi connectivity index (χ3n) is 11.3. The van der Waals surface area contributed by atoms with Crippen molar-refractivity contribution in [2.24, 2.45) is 34.0 Å². The first-order valence-electron chi connectivity index (χ1n) is 16.2. The number of hydrogen-bond donors (Lipinski definition) is 1. The van der Waals surface area contributed by atoms with E-state index in [4.69, 9.17) is 9.47 Å². The van der Waals surface area contributed by atoms with Gasteiger partial charge in [-0.25, -0.2) is 4.79 Å². The van der Waals surface area contributed by atoms with Crippen molar-refractivity contribution >= 4 is 17.7 Å². The molecule has 0 aromatic carbocycles. The van der Waals surface area contributed by atoms with Crippen molar-refractivity contribution in [3.8, 4) is 0 Å². The van der Waals surface area contributed by atoms with Crippen molar-refractivity contribution in [3.05, 3.63) is 12.7 Å². The molecule has 3 rings (SSSR count). The number of hydrogen-bond acceptors (Lipinski definition) is 6. The summed E-state index contributed by atoms with van der Waals surface area (Å²) >= 11 is 0. The molecule has 0 aliphatic heterocycles. The van der Waals surface area contributed by atoms with Crippen LogP contribution in [0, 0.1) is 34.0 Å². The topological polar surface area (TPSA) is 89.9 Å². The van der Waals surface area contributed by atoms with E-state index < -0.39 is 35.6 Å². The molecule has 228 valence electrons. The van der Waals surface area contributed by atoms with Crippen LogP contribution in [-0.2, 0) is 23.9 Å². The predicted molar refractivity (Wildman–Crippen MR) is 157 cm³/mol. The number of Topliss-reactive ketones (excluding diaryl/α,β-unsaturated/α-hetero) is 1. The molecule has 8 atom stereocenters. The molecule has 6 nitrogen and oxygen atoms in total. The average molecular weight is 561 g/mol. The second-order valence-electron chi connectivity index (χ2n) is 13.8. The Bertz CT molecular complexity index is 899. The molecule has 3 aliphatic rings. The fourth-order valence-electron chi connectivity index (χ4n) is 8.65. The molecule has 0 unspecified atom stereocenters. The van der Waals surface area contributed by atoms with Crippen molar-refractivity contribution < 1.29 is 29.0 Å². The minimum Gasteiger partial charge on any atom is -0.459 e. The van der Waals surface area contributed by atoms with Crippen molar-refractivity contribution in [1.82, 2.24) is 0 Å². The highest BCUT2D eigenvalue weighted by Crippen LogP contribution is 2.68. The molecular formula is C34H56O6. The zero-order chi connectivity index (χ0) is 29.6. The molecule has 1 N–H and O–H groups in total. The number of carbonyl (C=O) groups is 3. The van der Waals surface area contributed by atoms with Gasteiger partial charge >= 0.3 is 11.9 Å². The first-order chi connectivity index (χ1) is 19.0. The van der Waals surface area contributed by atoms with Gasteiger partial charge < -0.3 is 14.6 Å². The van der Waals surface area contributed by atoms with Gasteiger partial charge in [-0.15, -0.1) is 6.58 Å². The lowest BCUT2D eigenvalue weighted by atomic mass is 9.43. The van der Waals surface area contributed by atoms with E-state index in [1.54, 1.807) is 6.08 Å². The minimum absolute atomic E-state index is 0.0831. The summed E-state index contributed by atoms with van der Waals surface area (Å²) in [5, 5.41) is 11.7. The van der Waals surface area contributed by atoms with Gasteiger partial charge in [0.2, 0.25) is 0 Å². The average Bonchev–Trinajstić information content (AvgIpc) is 3.30. The Kier molecular flexibility index (Phi) is 11.5. The van der Waals surface area contributed by atoms with E-state index in [9.17, 15) is 19.5 Å². The molecule has 0 amide bonds. The third-order valence-corrected chi connectivity index (χ3v) is 11.3. The van der Waals surface area contributed by atoms with Gasteiger partial charge in [-0.1, -0.05) is 92.1 Å². The van der Waals surface area contributed by atoms with E-state index in [0.29, 0.717) is 19.3 Å². The van der Waals surface area contributed by atoms with Crippen LogP contribution >= 0.6 is 0 Å². The number of rotatable bonds is 14. The molecule has 3 aliphatic carbocycles. The van der Waals surface area contributed by atoms with Gasteiger partial charge in [-0.3, -0.25) is 9.59 Å². The Balaban J connectivity index is 1.60. The fourth-order valence-corrected chi connectivity index (χ4v) is 8.65. The van der Waals surface area contributed by atoms with Crippen LogP contribution in [0.1, 0.15) is 131 Å². The zero-order valence-electron chi connectivity index (χ0n) is 26.0. The summed E-state index contributed by atoms with van der Waals surface area (Å²) in [7, 11) is 0. The third kappa shape index (κ3) is 6.68. The van der Waals surface area contributed by atoms with Gasteiger partial charge in [-0.05, 0) is 49.4 Å². The normalized spacial score (nSPS) is 37.2. The molecule has 2 bridgehead atoms. The number of carbonyl (C=O) groups excluding carboxylic acids is 3. The summed E-state index contributed by atoms with van der Waals surface area (Å²) < 4.78 is 11.4. The molecule has 6 heteroatoms. The zero-order valence-corrected chi connectivity index (χ0v) is 26.0. The number of unbranched alkanes of at least 4 members (excludes halogenated alkanes) is 8. The second-order valence-corrected chi connectivity index (χ2v) is 13.8. The highest BCUT2D eigenvalue weighted by atomic mass is 16.6. The molecule has 0 heterocycles. The van der Waals surface area contributed by atoms with Crippen LogP contribution in [0.25, 0.3) is 0 Å². The Labute approximate surface area is 243 Å². The van der Waals surface area contributed by atoms with Gasteiger partial charge in [0, 0.05) is 29.6 Å². The molecule has 0 radical (unpaired) electrons. The largest absolute Gasteiger partial charge is 0.459 e.